The molecule has 0 spiro atoms. The van der Waals surface area contributed by atoms with Gasteiger partial charge in [-0.1, -0.05) is 51.1 Å². The summed E-state index contributed by atoms with van der Waals surface area (Å²) < 4.78 is 0. The van der Waals surface area contributed by atoms with Crippen molar-refractivity contribution in [2.24, 2.45) is 4.99 Å². The van der Waals surface area contributed by atoms with E-state index >= 15 is 0 Å². The molecule has 0 saturated carbocycles. The average molecular weight is 245 g/mol. The van der Waals surface area contributed by atoms with Gasteiger partial charge in [-0.25, -0.2) is 0 Å². The molecule has 0 atom stereocenters. The van der Waals surface area contributed by atoms with Crippen molar-refractivity contribution in [2.45, 2.75) is 25.7 Å². The molecule has 0 N–H and O–H groups in total. The largest absolute Gasteiger partial charge is 0.263 e. The molecule has 0 amide bonds. The Morgan fingerprint density at radius 3 is 2.47 bits per heavy atom. The van der Waals surface area contributed by atoms with Gasteiger partial charge in [-0.05, 0) is 23.9 Å². The normalized spacial score (nSPS) is 9.59. The molecule has 0 bridgehead atoms. The Labute approximate surface area is 108 Å². The maximum atomic E-state index is 4.15. The first kappa shape index (κ1) is 13.8. The van der Waals surface area contributed by atoms with Gasteiger partial charge in [-0.3, -0.25) is 4.99 Å². The van der Waals surface area contributed by atoms with Gasteiger partial charge in [0.25, 0.3) is 0 Å². The van der Waals surface area contributed by atoms with Crippen LogP contribution in [0.15, 0.2) is 46.3 Å². The molecule has 0 aromatic heterocycles. The van der Waals surface area contributed by atoms with Crippen LogP contribution < -0.4 is 0 Å². The SMILES string of the molecule is C=Nc1c(SCC)ccc2ccccc12.CC. The van der Waals surface area contributed by atoms with Gasteiger partial charge >= 0.3 is 0 Å². The summed E-state index contributed by atoms with van der Waals surface area (Å²) in [6, 6.07) is 12.5. The van der Waals surface area contributed by atoms with Crippen LogP contribution in [0.25, 0.3) is 10.8 Å². The molecule has 0 heterocycles. The zero-order chi connectivity index (χ0) is 12.7. The Hall–Kier alpha value is -1.28. The number of aliphatic imine (C=N–C) groups is 1. The van der Waals surface area contributed by atoms with Crippen LogP contribution in [0.2, 0.25) is 0 Å². The minimum absolute atomic E-state index is 1.01. The summed E-state index contributed by atoms with van der Waals surface area (Å²) in [5.41, 5.74) is 1.01. The van der Waals surface area contributed by atoms with E-state index in [0.717, 1.165) is 11.4 Å². The van der Waals surface area contributed by atoms with Gasteiger partial charge < -0.3 is 0 Å². The van der Waals surface area contributed by atoms with Crippen LogP contribution in [0.1, 0.15) is 20.8 Å². The monoisotopic (exact) mass is 245 g/mol. The van der Waals surface area contributed by atoms with Gasteiger partial charge in [0.2, 0.25) is 0 Å². The van der Waals surface area contributed by atoms with E-state index in [1.165, 1.54) is 15.7 Å². The van der Waals surface area contributed by atoms with Crippen molar-refractivity contribution in [1.29, 1.82) is 0 Å². The van der Waals surface area contributed by atoms with Crippen LogP contribution in [-0.4, -0.2) is 12.5 Å². The lowest BCUT2D eigenvalue weighted by Gasteiger charge is -2.07. The summed E-state index contributed by atoms with van der Waals surface area (Å²) in [6.07, 6.45) is 0. The first-order valence-corrected chi connectivity index (χ1v) is 6.96. The predicted molar refractivity (Wildman–Crippen MR) is 80.9 cm³/mol. The Balaban J connectivity index is 0.000000686. The van der Waals surface area contributed by atoms with E-state index in [1.807, 2.05) is 37.7 Å². The Morgan fingerprint density at radius 2 is 1.82 bits per heavy atom. The molecule has 17 heavy (non-hydrogen) atoms. The second-order valence-corrected chi connectivity index (χ2v) is 4.53. The molecule has 0 aliphatic rings. The molecule has 0 aliphatic carbocycles. The number of thioether (sulfide) groups is 1. The van der Waals surface area contributed by atoms with E-state index in [2.05, 4.69) is 42.9 Å². The van der Waals surface area contributed by atoms with Crippen LogP contribution in [0, 0.1) is 0 Å². The maximum absolute atomic E-state index is 4.15. The minimum Gasteiger partial charge on any atom is -0.263 e. The van der Waals surface area contributed by atoms with E-state index in [1.54, 1.807) is 0 Å². The van der Waals surface area contributed by atoms with Crippen LogP contribution in [-0.2, 0) is 0 Å². The third-order valence-electron chi connectivity index (χ3n) is 2.32. The smallest absolute Gasteiger partial charge is 0.0836 e. The molecule has 0 aliphatic heterocycles. The van der Waals surface area contributed by atoms with Gasteiger partial charge in [0, 0.05) is 10.3 Å². The van der Waals surface area contributed by atoms with E-state index in [-0.39, 0.29) is 0 Å². The van der Waals surface area contributed by atoms with Gasteiger partial charge in [0.05, 0.1) is 5.69 Å². The second-order valence-electron chi connectivity index (χ2n) is 3.22. The van der Waals surface area contributed by atoms with Crippen molar-refractivity contribution in [1.82, 2.24) is 0 Å². The molecular formula is C15H19NS. The molecule has 2 heteroatoms. The maximum Gasteiger partial charge on any atom is 0.0836 e. The van der Waals surface area contributed by atoms with Crippen molar-refractivity contribution >= 4 is 34.9 Å². The number of nitrogens with zero attached hydrogens (tertiary/aromatic N) is 1. The predicted octanol–water partition coefficient (Wildman–Crippen LogP) is 5.31. The summed E-state index contributed by atoms with van der Waals surface area (Å²) in [6.45, 7) is 9.81. The van der Waals surface area contributed by atoms with Crippen LogP contribution >= 0.6 is 11.8 Å². The van der Waals surface area contributed by atoms with E-state index in [0.29, 0.717) is 0 Å². The van der Waals surface area contributed by atoms with E-state index in [9.17, 15) is 0 Å². The minimum atomic E-state index is 1.01. The Kier molecular flexibility index (Phi) is 5.78. The fourth-order valence-corrected chi connectivity index (χ4v) is 2.46. The molecule has 0 radical (unpaired) electrons. The van der Waals surface area contributed by atoms with Crippen molar-refractivity contribution in [3.63, 3.8) is 0 Å². The first-order valence-electron chi connectivity index (χ1n) is 5.98. The highest BCUT2D eigenvalue weighted by molar-refractivity contribution is 7.99. The summed E-state index contributed by atoms with van der Waals surface area (Å²) in [7, 11) is 0. The zero-order valence-corrected chi connectivity index (χ0v) is 11.6. The molecule has 2 rings (SSSR count). The van der Waals surface area contributed by atoms with E-state index < -0.39 is 0 Å². The molecule has 2 aromatic rings. The lowest BCUT2D eigenvalue weighted by molar-refractivity contribution is 1.40. The van der Waals surface area contributed by atoms with Gasteiger partial charge in [-0.15, -0.1) is 11.8 Å². The number of benzene rings is 2. The fraction of sp³-hybridized carbons (Fsp3) is 0.267. The molecular weight excluding hydrogens is 226 g/mol. The number of hydrogen-bond donors (Lipinski definition) is 0. The third-order valence-corrected chi connectivity index (χ3v) is 3.25. The van der Waals surface area contributed by atoms with Crippen molar-refractivity contribution in [3.05, 3.63) is 36.4 Å². The quantitative estimate of drug-likeness (QED) is 0.527. The molecule has 1 nitrogen and oxygen atoms in total. The standard InChI is InChI=1S/C13H13NS.C2H6/c1-3-15-12-9-8-10-6-4-5-7-11(10)13(12)14-2;1-2/h4-9H,2-3H2,1H3;1-2H3. The molecule has 0 unspecified atom stereocenters. The third kappa shape index (κ3) is 3.10. The highest BCUT2D eigenvalue weighted by atomic mass is 32.2. The van der Waals surface area contributed by atoms with Crippen molar-refractivity contribution in [2.75, 3.05) is 5.75 Å². The second kappa shape index (κ2) is 7.13. The highest BCUT2D eigenvalue weighted by Gasteiger charge is 2.04. The van der Waals surface area contributed by atoms with E-state index in [4.69, 9.17) is 0 Å². The molecule has 0 fully saturated rings. The van der Waals surface area contributed by atoms with Crippen LogP contribution in [0.5, 0.6) is 0 Å². The summed E-state index contributed by atoms with van der Waals surface area (Å²) in [4.78, 5) is 5.36. The summed E-state index contributed by atoms with van der Waals surface area (Å²) in [5.74, 6) is 1.06. The lowest BCUT2D eigenvalue weighted by atomic mass is 10.1. The van der Waals surface area contributed by atoms with Gasteiger partial charge in [0.1, 0.15) is 0 Å². The number of fused-ring (bicyclic) bond motifs is 1. The average Bonchev–Trinajstić information content (AvgIpc) is 2.41. The zero-order valence-electron chi connectivity index (χ0n) is 10.7. The van der Waals surface area contributed by atoms with Gasteiger partial charge in [-0.2, -0.15) is 0 Å². The summed E-state index contributed by atoms with van der Waals surface area (Å²) >= 11 is 1.81. The van der Waals surface area contributed by atoms with Crippen molar-refractivity contribution < 1.29 is 0 Å². The fourth-order valence-electron chi connectivity index (χ4n) is 1.67. The van der Waals surface area contributed by atoms with Crippen LogP contribution in [0.4, 0.5) is 5.69 Å². The number of rotatable bonds is 3. The van der Waals surface area contributed by atoms with Gasteiger partial charge in [0.15, 0.2) is 0 Å². The van der Waals surface area contributed by atoms with Crippen LogP contribution in [0.3, 0.4) is 0 Å². The Morgan fingerprint density at radius 1 is 1.12 bits per heavy atom. The topological polar surface area (TPSA) is 12.4 Å². The number of hydrogen-bond acceptors (Lipinski definition) is 2. The molecule has 2 aromatic carbocycles. The molecule has 0 saturated heterocycles. The lowest BCUT2D eigenvalue weighted by Crippen LogP contribution is -1.78. The molecule has 90 valence electrons. The highest BCUT2D eigenvalue weighted by Crippen LogP contribution is 2.35. The Bertz CT molecular complexity index is 491. The van der Waals surface area contributed by atoms with Crippen molar-refractivity contribution in [3.8, 4) is 0 Å². The first-order chi connectivity index (χ1) is 8.36. The summed E-state index contributed by atoms with van der Waals surface area (Å²) in [5, 5.41) is 2.41.